The molecule has 0 saturated carbocycles. The molecule has 0 bridgehead atoms. The molecule has 14 heavy (non-hydrogen) atoms. The fraction of sp³-hybridized carbons (Fsp3) is 0.286. The van der Waals surface area contributed by atoms with E-state index in [0.717, 1.165) is 12.3 Å². The fourth-order valence-corrected chi connectivity index (χ4v) is 2.64. The summed E-state index contributed by atoms with van der Waals surface area (Å²) in [5, 5.41) is 0. The molecule has 0 heterocycles. The summed E-state index contributed by atoms with van der Waals surface area (Å²) in [6, 6.07) is 0. The molecule has 0 spiro atoms. The smallest absolute Gasteiger partial charge is 0.00897 e. The van der Waals surface area contributed by atoms with Gasteiger partial charge in [0.15, 0.2) is 0 Å². The van der Waals surface area contributed by atoms with Gasteiger partial charge in [-0.3, -0.25) is 0 Å². The van der Waals surface area contributed by atoms with Gasteiger partial charge in [0.25, 0.3) is 0 Å². The van der Waals surface area contributed by atoms with Crippen LogP contribution < -0.4 is 0 Å². The average molecular weight is 182 g/mol. The van der Waals surface area contributed by atoms with Crippen LogP contribution in [0.2, 0.25) is 0 Å². The summed E-state index contributed by atoms with van der Waals surface area (Å²) in [6.45, 7) is 0. The second kappa shape index (κ2) is 3.13. The molecule has 0 heteroatoms. The first-order chi connectivity index (χ1) is 6.95. The van der Waals surface area contributed by atoms with E-state index in [4.69, 9.17) is 0 Å². The maximum atomic E-state index is 2.35. The van der Waals surface area contributed by atoms with E-state index in [0.29, 0.717) is 5.92 Å². The number of fused-ring (bicyclic) bond motifs is 3. The van der Waals surface area contributed by atoms with Crippen molar-refractivity contribution in [2.45, 2.75) is 12.8 Å². The number of rotatable bonds is 0. The van der Waals surface area contributed by atoms with Gasteiger partial charge in [-0.05, 0) is 24.3 Å². The van der Waals surface area contributed by atoms with Gasteiger partial charge in [0, 0.05) is 5.92 Å². The SMILES string of the molecule is C1=CC2=CC=C3CC=CCC3[C@H]2C=C1. The zero-order valence-corrected chi connectivity index (χ0v) is 8.19. The Kier molecular flexibility index (Phi) is 1.80. The van der Waals surface area contributed by atoms with Crippen LogP contribution in [0, 0.1) is 11.8 Å². The normalized spacial score (nSPS) is 33.1. The summed E-state index contributed by atoms with van der Waals surface area (Å²) in [5.41, 5.74) is 3.10. The van der Waals surface area contributed by atoms with Crippen LogP contribution in [0.5, 0.6) is 0 Å². The van der Waals surface area contributed by atoms with Crippen molar-refractivity contribution in [1.29, 1.82) is 0 Å². The van der Waals surface area contributed by atoms with Crippen LogP contribution in [0.3, 0.4) is 0 Å². The lowest BCUT2D eigenvalue weighted by molar-refractivity contribution is 0.491. The highest BCUT2D eigenvalue weighted by Gasteiger charge is 2.28. The third kappa shape index (κ3) is 1.14. The lowest BCUT2D eigenvalue weighted by Crippen LogP contribution is -2.21. The maximum Gasteiger partial charge on any atom is 0.00897 e. The van der Waals surface area contributed by atoms with Crippen LogP contribution in [0.4, 0.5) is 0 Å². The van der Waals surface area contributed by atoms with Gasteiger partial charge in [0.2, 0.25) is 0 Å². The first-order valence-corrected chi connectivity index (χ1v) is 5.36. The van der Waals surface area contributed by atoms with Crippen LogP contribution in [0.25, 0.3) is 0 Å². The highest BCUT2D eigenvalue weighted by molar-refractivity contribution is 5.43. The fourth-order valence-electron chi connectivity index (χ4n) is 2.64. The molecule has 0 aromatic rings. The molecule has 0 radical (unpaired) electrons. The van der Waals surface area contributed by atoms with Crippen molar-refractivity contribution in [3.63, 3.8) is 0 Å². The van der Waals surface area contributed by atoms with E-state index in [2.05, 4.69) is 48.6 Å². The molecule has 0 fully saturated rings. The van der Waals surface area contributed by atoms with E-state index < -0.39 is 0 Å². The van der Waals surface area contributed by atoms with Crippen molar-refractivity contribution in [1.82, 2.24) is 0 Å². The van der Waals surface area contributed by atoms with E-state index in [1.165, 1.54) is 12.0 Å². The molecule has 70 valence electrons. The van der Waals surface area contributed by atoms with Gasteiger partial charge in [-0.15, -0.1) is 0 Å². The highest BCUT2D eigenvalue weighted by Crippen LogP contribution is 2.40. The van der Waals surface area contributed by atoms with Gasteiger partial charge in [-0.1, -0.05) is 54.2 Å². The van der Waals surface area contributed by atoms with E-state index in [-0.39, 0.29) is 0 Å². The molecule has 3 aliphatic carbocycles. The minimum atomic E-state index is 0.643. The Morgan fingerprint density at radius 2 is 2.07 bits per heavy atom. The van der Waals surface area contributed by atoms with Crippen molar-refractivity contribution in [2.75, 3.05) is 0 Å². The second-order valence-corrected chi connectivity index (χ2v) is 4.20. The van der Waals surface area contributed by atoms with Crippen LogP contribution in [-0.4, -0.2) is 0 Å². The van der Waals surface area contributed by atoms with Gasteiger partial charge in [-0.25, -0.2) is 0 Å². The van der Waals surface area contributed by atoms with Gasteiger partial charge >= 0.3 is 0 Å². The van der Waals surface area contributed by atoms with E-state index in [1.54, 1.807) is 5.57 Å². The number of hydrogen-bond acceptors (Lipinski definition) is 0. The average Bonchev–Trinajstić information content (AvgIpc) is 2.29. The molecule has 0 nitrogen and oxygen atoms in total. The van der Waals surface area contributed by atoms with Crippen molar-refractivity contribution >= 4 is 0 Å². The maximum absolute atomic E-state index is 2.35. The first-order valence-electron chi connectivity index (χ1n) is 5.36. The molecule has 3 rings (SSSR count). The molecule has 0 amide bonds. The summed E-state index contributed by atoms with van der Waals surface area (Å²) in [6.07, 6.45) is 20.5. The van der Waals surface area contributed by atoms with Crippen LogP contribution in [0.15, 0.2) is 59.8 Å². The third-order valence-electron chi connectivity index (χ3n) is 3.41. The van der Waals surface area contributed by atoms with Gasteiger partial charge < -0.3 is 0 Å². The Morgan fingerprint density at radius 3 is 3.07 bits per heavy atom. The second-order valence-electron chi connectivity index (χ2n) is 4.20. The lowest BCUT2D eigenvalue weighted by atomic mass is 9.71. The predicted octanol–water partition coefficient (Wildman–Crippen LogP) is 3.56. The summed E-state index contributed by atoms with van der Waals surface area (Å²) in [4.78, 5) is 0. The molecular formula is C14H14. The Bertz CT molecular complexity index is 388. The highest BCUT2D eigenvalue weighted by atomic mass is 14.3. The third-order valence-corrected chi connectivity index (χ3v) is 3.41. The Hall–Kier alpha value is -1.30. The zero-order valence-electron chi connectivity index (χ0n) is 8.19. The molecule has 0 N–H and O–H groups in total. The van der Waals surface area contributed by atoms with Crippen LogP contribution in [0.1, 0.15) is 12.8 Å². The Morgan fingerprint density at radius 1 is 1.07 bits per heavy atom. The topological polar surface area (TPSA) is 0 Å². The van der Waals surface area contributed by atoms with Crippen LogP contribution in [-0.2, 0) is 0 Å². The summed E-state index contributed by atoms with van der Waals surface area (Å²) >= 11 is 0. The van der Waals surface area contributed by atoms with Crippen LogP contribution >= 0.6 is 0 Å². The van der Waals surface area contributed by atoms with Crippen molar-refractivity contribution in [2.24, 2.45) is 11.8 Å². The minimum absolute atomic E-state index is 0.643. The minimum Gasteiger partial charge on any atom is -0.0876 e. The number of allylic oxidation sites excluding steroid dienone is 10. The van der Waals surface area contributed by atoms with Crippen molar-refractivity contribution in [3.05, 3.63) is 59.8 Å². The summed E-state index contributed by atoms with van der Waals surface area (Å²) in [7, 11) is 0. The Labute approximate surface area is 85.0 Å². The molecule has 2 atom stereocenters. The monoisotopic (exact) mass is 182 g/mol. The van der Waals surface area contributed by atoms with Gasteiger partial charge in [0.05, 0.1) is 0 Å². The van der Waals surface area contributed by atoms with Gasteiger partial charge in [-0.2, -0.15) is 0 Å². The van der Waals surface area contributed by atoms with E-state index in [1.807, 2.05) is 0 Å². The lowest BCUT2D eigenvalue weighted by Gasteiger charge is -2.33. The van der Waals surface area contributed by atoms with E-state index in [9.17, 15) is 0 Å². The molecule has 0 saturated heterocycles. The molecule has 1 unspecified atom stereocenters. The Balaban J connectivity index is 2.02. The van der Waals surface area contributed by atoms with E-state index >= 15 is 0 Å². The molecule has 3 aliphatic rings. The van der Waals surface area contributed by atoms with Gasteiger partial charge in [0.1, 0.15) is 0 Å². The quantitative estimate of drug-likeness (QED) is 0.502. The predicted molar refractivity (Wildman–Crippen MR) is 59.8 cm³/mol. The van der Waals surface area contributed by atoms with Crippen molar-refractivity contribution in [3.8, 4) is 0 Å². The summed E-state index contributed by atoms with van der Waals surface area (Å²) in [5.74, 6) is 1.38. The summed E-state index contributed by atoms with van der Waals surface area (Å²) < 4.78 is 0. The zero-order chi connectivity index (χ0) is 9.38. The molecule has 0 aliphatic heterocycles. The molecule has 0 aromatic carbocycles. The molecule has 0 aromatic heterocycles. The number of hydrogen-bond donors (Lipinski definition) is 0. The molecular weight excluding hydrogens is 168 g/mol. The standard InChI is InChI=1S/C14H14/c1-3-7-13-11(5-1)9-10-12-6-2-4-8-14(12)13/h1-5,7,9-10,13-14H,6,8H2/t13-,14?/m0/s1. The first kappa shape index (κ1) is 8.05. The van der Waals surface area contributed by atoms with Crippen molar-refractivity contribution < 1.29 is 0 Å². The largest absolute Gasteiger partial charge is 0.0876 e.